The van der Waals surface area contributed by atoms with Gasteiger partial charge < -0.3 is 0 Å². The zero-order valence-corrected chi connectivity index (χ0v) is 7.39. The molecule has 0 fully saturated rings. The van der Waals surface area contributed by atoms with E-state index in [1.54, 1.807) is 12.2 Å². The van der Waals surface area contributed by atoms with Gasteiger partial charge in [-0.05, 0) is 18.9 Å². The molecule has 1 heteroatoms. The zero-order valence-electron chi connectivity index (χ0n) is 7.39. The maximum atomic E-state index is 11.0. The lowest BCUT2D eigenvalue weighted by Crippen LogP contribution is -1.91. The summed E-state index contributed by atoms with van der Waals surface area (Å²) >= 11 is 0. The first-order valence-corrected chi connectivity index (χ1v) is 4.07. The van der Waals surface area contributed by atoms with Crippen molar-refractivity contribution in [2.75, 3.05) is 0 Å². The molecule has 0 unspecified atom stereocenters. The Kier molecular flexibility index (Phi) is 5.44. The Morgan fingerprint density at radius 2 is 1.91 bits per heavy atom. The average molecular weight is 152 g/mol. The molecule has 0 saturated carbocycles. The number of hydrogen-bond donors (Lipinski definition) is 0. The van der Waals surface area contributed by atoms with Gasteiger partial charge >= 0.3 is 0 Å². The maximum Gasteiger partial charge on any atom is 0.159 e. The quantitative estimate of drug-likeness (QED) is 0.437. The third kappa shape index (κ3) is 4.54. The molecule has 0 saturated heterocycles. The van der Waals surface area contributed by atoms with Gasteiger partial charge in [-0.25, -0.2) is 0 Å². The van der Waals surface area contributed by atoms with E-state index in [2.05, 4.69) is 20.4 Å². The van der Waals surface area contributed by atoms with E-state index in [1.165, 1.54) is 5.57 Å². The summed E-state index contributed by atoms with van der Waals surface area (Å²) in [6, 6.07) is 0. The van der Waals surface area contributed by atoms with Crippen LogP contribution in [0.1, 0.15) is 33.1 Å². The average Bonchev–Trinajstić information content (AvgIpc) is 2.01. The lowest BCUT2D eigenvalue weighted by molar-refractivity contribution is -0.113. The summed E-state index contributed by atoms with van der Waals surface area (Å²) in [5, 5.41) is 0. The van der Waals surface area contributed by atoms with E-state index in [4.69, 9.17) is 0 Å². The van der Waals surface area contributed by atoms with Crippen LogP contribution in [0.25, 0.3) is 0 Å². The van der Waals surface area contributed by atoms with Crippen LogP contribution in [-0.4, -0.2) is 5.78 Å². The summed E-state index contributed by atoms with van der Waals surface area (Å²) in [5.74, 6) is 0.165. The summed E-state index contributed by atoms with van der Waals surface area (Å²) in [4.78, 5) is 11.0. The van der Waals surface area contributed by atoms with Crippen LogP contribution in [0.2, 0.25) is 0 Å². The second-order valence-corrected chi connectivity index (χ2v) is 2.47. The lowest BCUT2D eigenvalue weighted by atomic mass is 10.1. The third-order valence-electron chi connectivity index (χ3n) is 1.62. The van der Waals surface area contributed by atoms with E-state index < -0.39 is 0 Å². The van der Waals surface area contributed by atoms with Gasteiger partial charge in [-0.1, -0.05) is 25.5 Å². The second kappa shape index (κ2) is 5.90. The van der Waals surface area contributed by atoms with Crippen LogP contribution in [0.15, 0.2) is 24.3 Å². The molecule has 0 aliphatic heterocycles. The summed E-state index contributed by atoms with van der Waals surface area (Å²) in [7, 11) is 0. The number of hydrogen-bond acceptors (Lipinski definition) is 1. The molecule has 0 rings (SSSR count). The topological polar surface area (TPSA) is 17.1 Å². The summed E-state index contributed by atoms with van der Waals surface area (Å²) < 4.78 is 0. The van der Waals surface area contributed by atoms with Gasteiger partial charge in [0.05, 0.1) is 0 Å². The van der Waals surface area contributed by atoms with Gasteiger partial charge in [0.1, 0.15) is 0 Å². The van der Waals surface area contributed by atoms with Crippen molar-refractivity contribution in [1.82, 2.24) is 0 Å². The SMILES string of the molecule is C=CCC(=O)C=C(CC)CC. The Morgan fingerprint density at radius 1 is 1.36 bits per heavy atom. The van der Waals surface area contributed by atoms with E-state index >= 15 is 0 Å². The molecule has 0 aromatic carbocycles. The molecular formula is C10H16O. The highest BCUT2D eigenvalue weighted by Crippen LogP contribution is 2.05. The molecule has 0 aliphatic carbocycles. The van der Waals surface area contributed by atoms with E-state index in [9.17, 15) is 4.79 Å². The molecule has 11 heavy (non-hydrogen) atoms. The maximum absolute atomic E-state index is 11.0. The Hall–Kier alpha value is -0.850. The Morgan fingerprint density at radius 3 is 2.27 bits per heavy atom. The van der Waals surface area contributed by atoms with Gasteiger partial charge in [0, 0.05) is 6.42 Å². The molecule has 0 spiro atoms. The predicted octanol–water partition coefficient (Wildman–Crippen LogP) is 2.88. The molecule has 0 N–H and O–H groups in total. The van der Waals surface area contributed by atoms with Gasteiger partial charge in [0.15, 0.2) is 5.78 Å². The van der Waals surface area contributed by atoms with Gasteiger partial charge in [0.25, 0.3) is 0 Å². The Bertz CT molecular complexity index is 160. The highest BCUT2D eigenvalue weighted by molar-refractivity contribution is 5.91. The minimum Gasteiger partial charge on any atom is -0.295 e. The molecule has 62 valence electrons. The summed E-state index contributed by atoms with van der Waals surface area (Å²) in [6.45, 7) is 7.64. The monoisotopic (exact) mass is 152 g/mol. The van der Waals surface area contributed by atoms with E-state index in [0.717, 1.165) is 12.8 Å². The van der Waals surface area contributed by atoms with Crippen LogP contribution in [0.3, 0.4) is 0 Å². The Labute approximate surface area is 68.8 Å². The lowest BCUT2D eigenvalue weighted by Gasteiger charge is -1.97. The third-order valence-corrected chi connectivity index (χ3v) is 1.62. The van der Waals surface area contributed by atoms with Crippen molar-refractivity contribution in [2.24, 2.45) is 0 Å². The van der Waals surface area contributed by atoms with Crippen molar-refractivity contribution in [2.45, 2.75) is 33.1 Å². The molecule has 0 aliphatic rings. The first-order chi connectivity index (χ1) is 5.24. The number of ketones is 1. The van der Waals surface area contributed by atoms with Gasteiger partial charge in [-0.3, -0.25) is 4.79 Å². The van der Waals surface area contributed by atoms with E-state index in [0.29, 0.717) is 6.42 Å². The fourth-order valence-electron chi connectivity index (χ4n) is 0.883. The molecule has 0 aromatic heterocycles. The molecule has 0 atom stereocenters. The smallest absolute Gasteiger partial charge is 0.159 e. The largest absolute Gasteiger partial charge is 0.295 e. The van der Waals surface area contributed by atoms with Crippen LogP contribution in [-0.2, 0) is 4.79 Å². The number of carbonyl (C=O) groups excluding carboxylic acids is 1. The minimum absolute atomic E-state index is 0.165. The van der Waals surface area contributed by atoms with Gasteiger partial charge in [-0.15, -0.1) is 6.58 Å². The van der Waals surface area contributed by atoms with Gasteiger partial charge in [0.2, 0.25) is 0 Å². The highest BCUT2D eigenvalue weighted by atomic mass is 16.1. The summed E-state index contributed by atoms with van der Waals surface area (Å²) in [5.41, 5.74) is 1.22. The van der Waals surface area contributed by atoms with Crippen LogP contribution in [0.4, 0.5) is 0 Å². The first-order valence-electron chi connectivity index (χ1n) is 4.07. The molecule has 0 radical (unpaired) electrons. The zero-order chi connectivity index (χ0) is 8.69. The normalized spacial score (nSPS) is 8.91. The highest BCUT2D eigenvalue weighted by Gasteiger charge is 1.95. The molecule has 1 nitrogen and oxygen atoms in total. The Balaban J connectivity index is 4.02. The minimum atomic E-state index is 0.165. The number of carbonyl (C=O) groups is 1. The van der Waals surface area contributed by atoms with Crippen LogP contribution >= 0.6 is 0 Å². The van der Waals surface area contributed by atoms with Crippen LogP contribution in [0.5, 0.6) is 0 Å². The van der Waals surface area contributed by atoms with E-state index in [1.807, 2.05) is 0 Å². The van der Waals surface area contributed by atoms with Crippen molar-refractivity contribution in [3.63, 3.8) is 0 Å². The molecule has 0 aromatic rings. The standard InChI is InChI=1S/C10H16O/c1-4-7-10(11)8-9(5-2)6-3/h4,8H,1,5-7H2,2-3H3. The fraction of sp³-hybridized carbons (Fsp3) is 0.500. The van der Waals surface area contributed by atoms with Crippen LogP contribution in [0, 0.1) is 0 Å². The molecule has 0 bridgehead atoms. The second-order valence-electron chi connectivity index (χ2n) is 2.47. The van der Waals surface area contributed by atoms with Crippen LogP contribution < -0.4 is 0 Å². The number of rotatable bonds is 5. The van der Waals surface area contributed by atoms with Crippen molar-refractivity contribution >= 4 is 5.78 Å². The van der Waals surface area contributed by atoms with Crippen molar-refractivity contribution in [3.05, 3.63) is 24.3 Å². The van der Waals surface area contributed by atoms with Crippen molar-refractivity contribution < 1.29 is 4.79 Å². The van der Waals surface area contributed by atoms with Crippen molar-refractivity contribution in [3.8, 4) is 0 Å². The molecular weight excluding hydrogens is 136 g/mol. The first kappa shape index (κ1) is 10.2. The molecule has 0 heterocycles. The summed E-state index contributed by atoms with van der Waals surface area (Å²) in [6.07, 6.45) is 5.78. The predicted molar refractivity (Wildman–Crippen MR) is 48.5 cm³/mol. The number of allylic oxidation sites excluding steroid dienone is 3. The van der Waals surface area contributed by atoms with Crippen molar-refractivity contribution in [1.29, 1.82) is 0 Å². The fourth-order valence-corrected chi connectivity index (χ4v) is 0.883. The van der Waals surface area contributed by atoms with Gasteiger partial charge in [-0.2, -0.15) is 0 Å². The molecule has 0 amide bonds. The van der Waals surface area contributed by atoms with E-state index in [-0.39, 0.29) is 5.78 Å².